The number of rotatable bonds is 40. The Morgan fingerprint density at radius 3 is 1.17 bits per heavy atom. The SMILES string of the molecule is CCCCCCCCCCCCC/C=C/CCCc1ccccc1N=CC(CCCCCC)=Nc1ccccc1CCC/C=C/CCCCCCCCCCCCC.[Pd]. The summed E-state index contributed by atoms with van der Waals surface area (Å²) in [6.45, 7) is 6.89. The maximum Gasteiger partial charge on any atom is 0.0665 e. The summed E-state index contributed by atoms with van der Waals surface area (Å²) >= 11 is 0. The van der Waals surface area contributed by atoms with Crippen LogP contribution in [-0.4, -0.2) is 11.9 Å². The van der Waals surface area contributed by atoms with Crippen molar-refractivity contribution in [2.24, 2.45) is 9.98 Å². The Kier molecular flexibility index (Phi) is 39.7. The van der Waals surface area contributed by atoms with Crippen molar-refractivity contribution in [1.29, 1.82) is 0 Å². The molecule has 3 heteroatoms. The van der Waals surface area contributed by atoms with Crippen LogP contribution >= 0.6 is 0 Å². The number of benzene rings is 2. The van der Waals surface area contributed by atoms with Crippen LogP contribution in [0.3, 0.4) is 0 Å². The van der Waals surface area contributed by atoms with Gasteiger partial charge in [0.1, 0.15) is 0 Å². The number of hydrogen-bond acceptors (Lipinski definition) is 2. The van der Waals surface area contributed by atoms with Gasteiger partial charge in [0, 0.05) is 26.6 Å². The van der Waals surface area contributed by atoms with Gasteiger partial charge in [-0.15, -0.1) is 0 Å². The van der Waals surface area contributed by atoms with Gasteiger partial charge in [-0.25, -0.2) is 0 Å². The molecule has 0 atom stereocenters. The maximum absolute atomic E-state index is 5.28. The van der Waals surface area contributed by atoms with Crippen molar-refractivity contribution >= 4 is 23.3 Å². The number of para-hydroxylation sites is 2. The zero-order chi connectivity index (χ0) is 41.2. The molecular weight excluding hydrogens is 807 g/mol. The Hall–Kier alpha value is -2.08. The molecule has 0 amide bonds. The first-order valence-electron chi connectivity index (χ1n) is 25.4. The largest absolute Gasteiger partial charge is 0.255 e. The standard InChI is InChI=1S/C56H92N2.Pd/c1-4-7-10-13-15-17-19-21-23-25-27-29-31-33-35-37-44-52-46-40-42-49-55(52)57-51-54(48-39-12-9-6-3)58-56-50-43-41-47-53(56)45-38-36-34-32-30-28-26-24-22-20-18-16-14-11-8-5-2;/h31-34,40-43,46-47,49-51H,4-30,35-39,44-45,48H2,1-3H3;/b33-31+,34-32+,57-51?,58-54?;. The zero-order valence-corrected chi connectivity index (χ0v) is 40.5. The summed E-state index contributed by atoms with van der Waals surface area (Å²) in [5, 5.41) is 0. The molecule has 0 unspecified atom stereocenters. The second-order valence-electron chi connectivity index (χ2n) is 17.3. The van der Waals surface area contributed by atoms with E-state index in [2.05, 4.69) is 99.8 Å². The van der Waals surface area contributed by atoms with Crippen LogP contribution < -0.4 is 0 Å². The molecule has 2 aromatic carbocycles. The molecule has 59 heavy (non-hydrogen) atoms. The summed E-state index contributed by atoms with van der Waals surface area (Å²) < 4.78 is 0. The van der Waals surface area contributed by atoms with E-state index in [1.54, 1.807) is 0 Å². The number of unbranched alkanes of at least 4 members (excludes halogenated alkanes) is 27. The molecule has 0 radical (unpaired) electrons. The third-order valence-electron chi connectivity index (χ3n) is 11.8. The van der Waals surface area contributed by atoms with E-state index in [0.717, 1.165) is 55.6 Å². The molecule has 0 saturated carbocycles. The van der Waals surface area contributed by atoms with E-state index in [1.165, 1.54) is 197 Å². The van der Waals surface area contributed by atoms with Crippen LogP contribution in [0, 0.1) is 0 Å². The topological polar surface area (TPSA) is 24.7 Å². The van der Waals surface area contributed by atoms with Crippen LogP contribution in [0.5, 0.6) is 0 Å². The second-order valence-corrected chi connectivity index (χ2v) is 17.3. The summed E-state index contributed by atoms with van der Waals surface area (Å²) in [6.07, 6.45) is 58.0. The first-order chi connectivity index (χ1) is 28.8. The molecule has 0 aliphatic heterocycles. The molecule has 2 aromatic rings. The molecule has 0 saturated heterocycles. The molecule has 0 heterocycles. The second kappa shape index (κ2) is 42.6. The van der Waals surface area contributed by atoms with E-state index in [1.807, 2.05) is 0 Å². The van der Waals surface area contributed by atoms with Crippen LogP contribution in [0.1, 0.15) is 244 Å². The first-order valence-corrected chi connectivity index (χ1v) is 25.4. The van der Waals surface area contributed by atoms with Crippen molar-refractivity contribution < 1.29 is 20.4 Å². The van der Waals surface area contributed by atoms with Crippen molar-refractivity contribution in [3.8, 4) is 0 Å². The van der Waals surface area contributed by atoms with Gasteiger partial charge in [0.05, 0.1) is 17.1 Å². The number of allylic oxidation sites excluding steroid dienone is 4. The molecule has 336 valence electrons. The molecule has 2 nitrogen and oxygen atoms in total. The molecule has 0 fully saturated rings. The smallest absolute Gasteiger partial charge is 0.0665 e. The van der Waals surface area contributed by atoms with Gasteiger partial charge in [0.2, 0.25) is 0 Å². The van der Waals surface area contributed by atoms with Gasteiger partial charge in [0.15, 0.2) is 0 Å². The first kappa shape index (κ1) is 54.9. The maximum atomic E-state index is 5.28. The number of aliphatic imine (C=N–C) groups is 2. The van der Waals surface area contributed by atoms with E-state index in [9.17, 15) is 0 Å². The van der Waals surface area contributed by atoms with Gasteiger partial charge in [-0.3, -0.25) is 9.98 Å². The molecule has 0 aliphatic carbocycles. The Morgan fingerprint density at radius 2 is 0.729 bits per heavy atom. The van der Waals surface area contributed by atoms with E-state index in [4.69, 9.17) is 9.98 Å². The minimum absolute atomic E-state index is 0. The predicted octanol–water partition coefficient (Wildman–Crippen LogP) is 19.3. The summed E-state index contributed by atoms with van der Waals surface area (Å²) in [6, 6.07) is 17.5. The normalized spacial score (nSPS) is 12.1. The Morgan fingerprint density at radius 1 is 0.390 bits per heavy atom. The van der Waals surface area contributed by atoms with Gasteiger partial charge in [-0.1, -0.05) is 229 Å². The minimum Gasteiger partial charge on any atom is -0.255 e. The van der Waals surface area contributed by atoms with Crippen molar-refractivity contribution in [2.75, 3.05) is 0 Å². The number of nitrogens with zero attached hydrogens (tertiary/aromatic N) is 2. The van der Waals surface area contributed by atoms with Gasteiger partial charge in [-0.05, 0) is 100 Å². The fraction of sp³-hybridized carbons (Fsp3) is 0.679. The van der Waals surface area contributed by atoms with Gasteiger partial charge in [0.25, 0.3) is 0 Å². The van der Waals surface area contributed by atoms with Crippen LogP contribution in [0.15, 0.2) is 82.8 Å². The van der Waals surface area contributed by atoms with Gasteiger partial charge < -0.3 is 0 Å². The van der Waals surface area contributed by atoms with E-state index < -0.39 is 0 Å². The fourth-order valence-electron chi connectivity index (χ4n) is 8.01. The fourth-order valence-corrected chi connectivity index (χ4v) is 8.01. The molecule has 2 rings (SSSR count). The third kappa shape index (κ3) is 32.3. The van der Waals surface area contributed by atoms with E-state index in [0.29, 0.717) is 0 Å². The van der Waals surface area contributed by atoms with Crippen LogP contribution in [0.4, 0.5) is 11.4 Å². The van der Waals surface area contributed by atoms with Crippen molar-refractivity contribution in [2.45, 2.75) is 245 Å². The minimum atomic E-state index is 0. The van der Waals surface area contributed by atoms with Gasteiger partial charge in [-0.2, -0.15) is 0 Å². The molecular formula is C56H92N2Pd. The molecule has 0 aliphatic rings. The third-order valence-corrected chi connectivity index (χ3v) is 11.8. The number of hydrogen-bond donors (Lipinski definition) is 0. The monoisotopic (exact) mass is 899 g/mol. The quantitative estimate of drug-likeness (QED) is 0.0276. The Balaban J connectivity index is 0.0000174. The van der Waals surface area contributed by atoms with Gasteiger partial charge >= 0.3 is 0 Å². The zero-order valence-electron chi connectivity index (χ0n) is 39.0. The molecule has 0 aromatic heterocycles. The molecule has 0 bridgehead atoms. The summed E-state index contributed by atoms with van der Waals surface area (Å²) in [5.74, 6) is 0. The van der Waals surface area contributed by atoms with E-state index >= 15 is 0 Å². The summed E-state index contributed by atoms with van der Waals surface area (Å²) in [5.41, 5.74) is 6.03. The van der Waals surface area contributed by atoms with Crippen LogP contribution in [0.25, 0.3) is 0 Å². The molecule has 0 spiro atoms. The Labute approximate surface area is 381 Å². The van der Waals surface area contributed by atoms with Crippen molar-refractivity contribution in [3.05, 3.63) is 84.0 Å². The van der Waals surface area contributed by atoms with Crippen molar-refractivity contribution in [3.63, 3.8) is 0 Å². The Bertz CT molecular complexity index is 1320. The predicted molar refractivity (Wildman–Crippen MR) is 263 cm³/mol. The van der Waals surface area contributed by atoms with E-state index in [-0.39, 0.29) is 20.4 Å². The van der Waals surface area contributed by atoms with Crippen molar-refractivity contribution in [1.82, 2.24) is 0 Å². The summed E-state index contributed by atoms with van der Waals surface area (Å²) in [4.78, 5) is 10.4. The molecule has 0 N–H and O–H groups in total. The summed E-state index contributed by atoms with van der Waals surface area (Å²) in [7, 11) is 0. The number of aryl methyl sites for hydroxylation is 2. The van der Waals surface area contributed by atoms with Crippen LogP contribution in [-0.2, 0) is 33.3 Å². The van der Waals surface area contributed by atoms with Crippen LogP contribution in [0.2, 0.25) is 0 Å². The average Bonchev–Trinajstić information content (AvgIpc) is 3.24. The average molecular weight is 900 g/mol.